The van der Waals surface area contributed by atoms with Crippen molar-refractivity contribution >= 4 is 11.5 Å². The maximum atomic E-state index is 10.1. The molecule has 18 heavy (non-hydrogen) atoms. The number of fused-ring (bicyclic) bond motifs is 1. The van der Waals surface area contributed by atoms with Crippen LogP contribution in [0.25, 0.3) is 0 Å². The number of hydrogen-bond acceptors (Lipinski definition) is 7. The molecule has 98 valence electrons. The standard InChI is InChI=1S/C11H17N5O2/c12-11-10-9(14-4-15-11)6(2-13-10)8-7(18)1-5(3-17)16-8/h4-8,13,16-18H,1-3H2,(H2,12,14,15)/t5-,6?,7+,8-/m0/s1. The van der Waals surface area contributed by atoms with E-state index in [9.17, 15) is 5.11 Å². The molecule has 7 heteroatoms. The molecule has 1 aromatic rings. The van der Waals surface area contributed by atoms with Crippen molar-refractivity contribution in [3.8, 4) is 0 Å². The van der Waals surface area contributed by atoms with Gasteiger partial charge in [0.15, 0.2) is 5.82 Å². The summed E-state index contributed by atoms with van der Waals surface area (Å²) in [5.74, 6) is 0.491. The highest BCUT2D eigenvalue weighted by Crippen LogP contribution is 2.37. The van der Waals surface area contributed by atoms with Crippen LogP contribution in [-0.4, -0.2) is 51.5 Å². The van der Waals surface area contributed by atoms with E-state index in [0.29, 0.717) is 18.8 Å². The molecule has 1 fully saturated rings. The van der Waals surface area contributed by atoms with Crippen molar-refractivity contribution in [1.82, 2.24) is 15.3 Å². The van der Waals surface area contributed by atoms with E-state index >= 15 is 0 Å². The molecule has 3 heterocycles. The van der Waals surface area contributed by atoms with E-state index in [-0.39, 0.29) is 24.6 Å². The van der Waals surface area contributed by atoms with Crippen molar-refractivity contribution in [2.45, 2.75) is 30.5 Å². The Bertz CT molecular complexity index is 455. The molecular formula is C11H17N5O2. The zero-order chi connectivity index (χ0) is 12.7. The zero-order valence-electron chi connectivity index (χ0n) is 9.87. The van der Waals surface area contributed by atoms with Crippen molar-refractivity contribution in [1.29, 1.82) is 0 Å². The Morgan fingerprint density at radius 1 is 1.44 bits per heavy atom. The number of nitrogen functional groups attached to an aromatic ring is 1. The summed E-state index contributed by atoms with van der Waals surface area (Å²) in [6.07, 6.45) is 1.53. The monoisotopic (exact) mass is 251 g/mol. The summed E-state index contributed by atoms with van der Waals surface area (Å²) >= 11 is 0. The maximum absolute atomic E-state index is 10.1. The first-order chi connectivity index (χ1) is 8.70. The largest absolute Gasteiger partial charge is 0.395 e. The second-order valence-corrected chi connectivity index (χ2v) is 4.88. The van der Waals surface area contributed by atoms with Crippen molar-refractivity contribution in [2.24, 2.45) is 0 Å². The van der Waals surface area contributed by atoms with E-state index in [1.807, 2.05) is 0 Å². The first-order valence-electron chi connectivity index (χ1n) is 6.10. The number of aliphatic hydroxyl groups is 2. The van der Waals surface area contributed by atoms with Gasteiger partial charge in [-0.2, -0.15) is 0 Å². The minimum Gasteiger partial charge on any atom is -0.395 e. The van der Waals surface area contributed by atoms with Crippen LogP contribution in [0, 0.1) is 0 Å². The summed E-state index contributed by atoms with van der Waals surface area (Å²) in [4.78, 5) is 8.21. The van der Waals surface area contributed by atoms with Gasteiger partial charge in [-0.15, -0.1) is 0 Å². The smallest absolute Gasteiger partial charge is 0.150 e. The Morgan fingerprint density at radius 3 is 3.00 bits per heavy atom. The van der Waals surface area contributed by atoms with E-state index < -0.39 is 6.10 Å². The van der Waals surface area contributed by atoms with E-state index in [1.165, 1.54) is 6.33 Å². The maximum Gasteiger partial charge on any atom is 0.150 e. The zero-order valence-corrected chi connectivity index (χ0v) is 9.87. The van der Waals surface area contributed by atoms with Crippen LogP contribution in [0.4, 0.5) is 11.5 Å². The minimum absolute atomic E-state index is 0.0342. The number of aliphatic hydroxyl groups excluding tert-OH is 2. The van der Waals surface area contributed by atoms with Gasteiger partial charge in [0, 0.05) is 24.5 Å². The van der Waals surface area contributed by atoms with Gasteiger partial charge >= 0.3 is 0 Å². The molecule has 0 radical (unpaired) electrons. The predicted octanol–water partition coefficient (Wildman–Crippen LogP) is -1.35. The highest BCUT2D eigenvalue weighted by molar-refractivity contribution is 5.68. The lowest BCUT2D eigenvalue weighted by atomic mass is 9.94. The van der Waals surface area contributed by atoms with Gasteiger partial charge in [-0.05, 0) is 6.42 Å². The van der Waals surface area contributed by atoms with E-state index in [4.69, 9.17) is 10.8 Å². The van der Waals surface area contributed by atoms with Gasteiger partial charge in [0.1, 0.15) is 6.33 Å². The summed E-state index contributed by atoms with van der Waals surface area (Å²) in [6.45, 7) is 0.706. The number of anilines is 2. The average molecular weight is 251 g/mol. The molecule has 0 aliphatic carbocycles. The number of nitrogens with zero attached hydrogens (tertiary/aromatic N) is 2. The predicted molar refractivity (Wildman–Crippen MR) is 66.1 cm³/mol. The van der Waals surface area contributed by atoms with E-state index in [1.54, 1.807) is 0 Å². The van der Waals surface area contributed by atoms with Crippen molar-refractivity contribution < 1.29 is 10.2 Å². The van der Waals surface area contributed by atoms with Crippen LogP contribution in [0.3, 0.4) is 0 Å². The van der Waals surface area contributed by atoms with Gasteiger partial charge in [-0.25, -0.2) is 9.97 Å². The van der Waals surface area contributed by atoms with Crippen molar-refractivity contribution in [3.05, 3.63) is 12.0 Å². The Kier molecular flexibility index (Phi) is 2.81. The minimum atomic E-state index is -0.476. The number of hydrogen-bond donors (Lipinski definition) is 5. The van der Waals surface area contributed by atoms with Crippen LogP contribution in [0.5, 0.6) is 0 Å². The molecule has 0 amide bonds. The molecule has 1 aromatic heterocycles. The molecule has 2 aliphatic heterocycles. The van der Waals surface area contributed by atoms with Gasteiger partial charge in [0.2, 0.25) is 0 Å². The number of nitrogens with two attached hydrogens (primary N) is 1. The van der Waals surface area contributed by atoms with Crippen LogP contribution < -0.4 is 16.4 Å². The Labute approximate surface area is 104 Å². The molecule has 1 unspecified atom stereocenters. The van der Waals surface area contributed by atoms with Crippen LogP contribution >= 0.6 is 0 Å². The van der Waals surface area contributed by atoms with Crippen LogP contribution in [0.2, 0.25) is 0 Å². The summed E-state index contributed by atoms with van der Waals surface area (Å²) in [5, 5.41) is 25.7. The van der Waals surface area contributed by atoms with Gasteiger partial charge in [0.25, 0.3) is 0 Å². The van der Waals surface area contributed by atoms with Gasteiger partial charge in [0.05, 0.1) is 24.1 Å². The molecule has 3 rings (SSSR count). The van der Waals surface area contributed by atoms with E-state index in [0.717, 1.165) is 11.4 Å². The highest BCUT2D eigenvalue weighted by atomic mass is 16.3. The number of rotatable bonds is 2. The van der Waals surface area contributed by atoms with Crippen LogP contribution in [0.1, 0.15) is 18.0 Å². The van der Waals surface area contributed by atoms with Crippen LogP contribution in [-0.2, 0) is 0 Å². The fraction of sp³-hybridized carbons (Fsp3) is 0.636. The molecule has 6 N–H and O–H groups in total. The SMILES string of the molecule is Nc1ncnc2c1NCC2[C@@H]1N[C@H](CO)C[C@H]1O. The fourth-order valence-electron chi connectivity index (χ4n) is 2.88. The lowest BCUT2D eigenvalue weighted by Crippen LogP contribution is -2.40. The second kappa shape index (κ2) is 4.34. The molecule has 4 atom stereocenters. The molecule has 7 nitrogen and oxygen atoms in total. The lowest BCUT2D eigenvalue weighted by molar-refractivity contribution is 0.147. The van der Waals surface area contributed by atoms with Crippen LogP contribution in [0.15, 0.2) is 6.33 Å². The normalized spacial score (nSPS) is 34.3. The van der Waals surface area contributed by atoms with Gasteiger partial charge in [-0.3, -0.25) is 0 Å². The molecule has 1 saturated heterocycles. The molecular weight excluding hydrogens is 234 g/mol. The molecule has 0 saturated carbocycles. The lowest BCUT2D eigenvalue weighted by Gasteiger charge is -2.21. The Morgan fingerprint density at radius 2 is 2.28 bits per heavy atom. The Balaban J connectivity index is 1.86. The average Bonchev–Trinajstić information content (AvgIpc) is 2.93. The third-order valence-electron chi connectivity index (χ3n) is 3.78. The topological polar surface area (TPSA) is 116 Å². The quantitative estimate of drug-likeness (QED) is 0.441. The molecule has 0 bridgehead atoms. The molecule has 0 aromatic carbocycles. The Hall–Kier alpha value is -1.44. The highest BCUT2D eigenvalue weighted by Gasteiger charge is 2.41. The van der Waals surface area contributed by atoms with Gasteiger partial charge < -0.3 is 26.6 Å². The van der Waals surface area contributed by atoms with Gasteiger partial charge in [-0.1, -0.05) is 0 Å². The number of aromatic nitrogens is 2. The van der Waals surface area contributed by atoms with Crippen molar-refractivity contribution in [2.75, 3.05) is 24.2 Å². The fourth-order valence-corrected chi connectivity index (χ4v) is 2.88. The summed E-state index contributed by atoms with van der Waals surface area (Å²) in [6, 6.07) is -0.154. The second-order valence-electron chi connectivity index (χ2n) is 4.88. The molecule has 2 aliphatic rings. The van der Waals surface area contributed by atoms with Crippen molar-refractivity contribution in [3.63, 3.8) is 0 Å². The summed E-state index contributed by atoms with van der Waals surface area (Å²) in [7, 11) is 0. The third-order valence-corrected chi connectivity index (χ3v) is 3.78. The summed E-state index contributed by atoms with van der Waals surface area (Å²) < 4.78 is 0. The molecule has 0 spiro atoms. The number of nitrogens with one attached hydrogen (secondary N) is 2. The first-order valence-corrected chi connectivity index (χ1v) is 6.10. The van der Waals surface area contributed by atoms with E-state index in [2.05, 4.69) is 20.6 Å². The summed E-state index contributed by atoms with van der Waals surface area (Å²) in [5.41, 5.74) is 7.40. The first kappa shape index (κ1) is 11.6. The third kappa shape index (κ3) is 1.71.